The lowest BCUT2D eigenvalue weighted by Crippen LogP contribution is -2.30. The molecule has 0 fully saturated rings. The van der Waals surface area contributed by atoms with Gasteiger partial charge < -0.3 is 14.2 Å². The van der Waals surface area contributed by atoms with E-state index in [1.54, 1.807) is 0 Å². The zero-order chi connectivity index (χ0) is 57.8. The van der Waals surface area contributed by atoms with Gasteiger partial charge in [-0.15, -0.1) is 0 Å². The van der Waals surface area contributed by atoms with Gasteiger partial charge in [-0.1, -0.05) is 299 Å². The van der Waals surface area contributed by atoms with Gasteiger partial charge in [-0.05, 0) is 116 Å². The third-order valence-electron chi connectivity index (χ3n) is 15.4. The van der Waals surface area contributed by atoms with Gasteiger partial charge in [0, 0.05) is 19.3 Å². The molecule has 6 nitrogen and oxygen atoms in total. The summed E-state index contributed by atoms with van der Waals surface area (Å²) in [5.74, 6) is -0.884. The van der Waals surface area contributed by atoms with Crippen molar-refractivity contribution in [2.75, 3.05) is 13.2 Å². The third-order valence-corrected chi connectivity index (χ3v) is 15.4. The van der Waals surface area contributed by atoms with Crippen molar-refractivity contribution in [3.05, 3.63) is 72.9 Å². The molecule has 0 rings (SSSR count). The van der Waals surface area contributed by atoms with E-state index in [4.69, 9.17) is 14.2 Å². The van der Waals surface area contributed by atoms with Crippen LogP contribution < -0.4 is 0 Å². The van der Waals surface area contributed by atoms with Gasteiger partial charge in [-0.25, -0.2) is 0 Å². The topological polar surface area (TPSA) is 78.9 Å². The maximum absolute atomic E-state index is 13.0. The first kappa shape index (κ1) is 76.9. The third kappa shape index (κ3) is 65.7. The molecule has 0 radical (unpaired) electrons. The van der Waals surface area contributed by atoms with E-state index in [0.717, 1.165) is 96.3 Å². The molecule has 0 aliphatic heterocycles. The van der Waals surface area contributed by atoms with Gasteiger partial charge in [0.1, 0.15) is 13.2 Å². The van der Waals surface area contributed by atoms with Crippen LogP contribution in [0.15, 0.2) is 72.9 Å². The van der Waals surface area contributed by atoms with Crippen LogP contribution in [0.2, 0.25) is 0 Å². The zero-order valence-corrected chi connectivity index (χ0v) is 53.3. The molecule has 0 bridgehead atoms. The van der Waals surface area contributed by atoms with Crippen LogP contribution in [0.5, 0.6) is 0 Å². The lowest BCUT2D eigenvalue weighted by Gasteiger charge is -2.18. The minimum Gasteiger partial charge on any atom is -0.462 e. The second kappa shape index (κ2) is 68.3. The number of rotatable bonds is 64. The summed E-state index contributed by atoms with van der Waals surface area (Å²) in [5, 5.41) is 0. The molecule has 0 saturated heterocycles. The highest BCUT2D eigenvalue weighted by Crippen LogP contribution is 2.17. The van der Waals surface area contributed by atoms with Crippen LogP contribution in [0.4, 0.5) is 0 Å². The number of allylic oxidation sites excluding steroid dienone is 12. The SMILES string of the molecule is CCCCCC/C=C\C/C=C\CCCCCCCCCC(=O)OCC(COC(=O)CCCCCCCCCCCCC/C=C\CCCCCCCCCC)OC(=O)CCCCCCCC/C=C\C/C=C\C/C=C\CCCCCCC. The molecule has 0 aromatic rings. The van der Waals surface area contributed by atoms with Crippen LogP contribution in [0.1, 0.15) is 361 Å². The minimum atomic E-state index is -0.788. The molecule has 0 aliphatic carbocycles. The smallest absolute Gasteiger partial charge is 0.306 e. The number of esters is 3. The summed E-state index contributed by atoms with van der Waals surface area (Å²) >= 11 is 0. The Kier molecular flexibility index (Phi) is 65.7. The van der Waals surface area contributed by atoms with E-state index in [1.165, 1.54) is 225 Å². The fourth-order valence-corrected chi connectivity index (χ4v) is 10.1. The van der Waals surface area contributed by atoms with Gasteiger partial charge in [-0.3, -0.25) is 14.4 Å². The molecule has 0 aromatic heterocycles. The summed E-state index contributed by atoms with van der Waals surface area (Å²) in [4.78, 5) is 38.5. The van der Waals surface area contributed by atoms with Crippen molar-refractivity contribution in [3.63, 3.8) is 0 Å². The molecule has 464 valence electrons. The van der Waals surface area contributed by atoms with Gasteiger partial charge in [0.05, 0.1) is 0 Å². The molecule has 0 heterocycles. The minimum absolute atomic E-state index is 0.0820. The lowest BCUT2D eigenvalue weighted by atomic mass is 10.0. The van der Waals surface area contributed by atoms with Crippen molar-refractivity contribution in [3.8, 4) is 0 Å². The monoisotopic (exact) mass is 1120 g/mol. The number of hydrogen-bond acceptors (Lipinski definition) is 6. The second-order valence-electron chi connectivity index (χ2n) is 23.4. The van der Waals surface area contributed by atoms with E-state index < -0.39 is 6.10 Å². The Bertz CT molecular complexity index is 1470. The number of hydrogen-bond donors (Lipinski definition) is 0. The Morgan fingerprint density at radius 3 is 0.725 bits per heavy atom. The molecule has 0 spiro atoms. The average Bonchev–Trinajstić information content (AvgIpc) is 3.46. The molecule has 0 N–H and O–H groups in total. The van der Waals surface area contributed by atoms with E-state index in [-0.39, 0.29) is 31.1 Å². The fourth-order valence-electron chi connectivity index (χ4n) is 10.1. The van der Waals surface area contributed by atoms with E-state index in [1.807, 2.05) is 0 Å². The molecule has 0 amide bonds. The van der Waals surface area contributed by atoms with Crippen LogP contribution in [0.3, 0.4) is 0 Å². The molecule has 0 aliphatic rings. The van der Waals surface area contributed by atoms with Gasteiger partial charge in [0.2, 0.25) is 0 Å². The van der Waals surface area contributed by atoms with Crippen LogP contribution in [0, 0.1) is 0 Å². The standard InChI is InChI=1S/C74H132O6/c1-4-7-10-13-16-19-22-25-28-31-34-36-37-39-40-43-46-49-52-55-58-61-64-67-73(76)79-70-71(69-78-72(75)66-63-60-57-54-51-48-45-42-33-30-27-24-21-18-15-12-9-6-3)80-74(77)68-65-62-59-56-53-50-47-44-41-38-35-32-29-26-23-20-17-14-11-8-5-2/h21,23-24,26,30-35,41,44,71H,4-20,22,25,27-29,36-40,42-43,45-70H2,1-3H3/b24-21-,26-23-,33-30-,34-31-,35-32-,44-41-. The lowest BCUT2D eigenvalue weighted by molar-refractivity contribution is -0.167. The maximum atomic E-state index is 13.0. The Morgan fingerprint density at radius 1 is 0.250 bits per heavy atom. The van der Waals surface area contributed by atoms with Gasteiger partial charge in [0.15, 0.2) is 6.10 Å². The van der Waals surface area contributed by atoms with E-state index >= 15 is 0 Å². The highest BCUT2D eigenvalue weighted by molar-refractivity contribution is 5.71. The summed E-state index contributed by atoms with van der Waals surface area (Å²) in [6.45, 7) is 6.65. The molecule has 1 unspecified atom stereocenters. The average molecular weight is 1120 g/mol. The van der Waals surface area contributed by atoms with Crippen molar-refractivity contribution >= 4 is 17.9 Å². The van der Waals surface area contributed by atoms with Crippen LogP contribution in [-0.4, -0.2) is 37.2 Å². The zero-order valence-electron chi connectivity index (χ0n) is 53.3. The summed E-state index contributed by atoms with van der Waals surface area (Å²) in [6, 6.07) is 0. The molecule has 0 aromatic carbocycles. The normalized spacial score (nSPS) is 12.5. The highest BCUT2D eigenvalue weighted by Gasteiger charge is 2.19. The largest absolute Gasteiger partial charge is 0.462 e. The summed E-state index contributed by atoms with van der Waals surface area (Å²) in [6.07, 6.45) is 89.1. The number of unbranched alkanes of at least 4 members (excludes halogenated alkanes) is 41. The Labute approximate surface area is 497 Å². The molecular weight excluding hydrogens is 985 g/mol. The molecular formula is C74H132O6. The van der Waals surface area contributed by atoms with Crippen molar-refractivity contribution in [2.24, 2.45) is 0 Å². The predicted octanol–water partition coefficient (Wildman–Crippen LogP) is 24.1. The summed E-state index contributed by atoms with van der Waals surface area (Å²) in [5.41, 5.74) is 0. The van der Waals surface area contributed by atoms with Crippen LogP contribution in [-0.2, 0) is 28.6 Å². The Morgan fingerprint density at radius 2 is 0.450 bits per heavy atom. The van der Waals surface area contributed by atoms with E-state index in [2.05, 4.69) is 93.7 Å². The van der Waals surface area contributed by atoms with Gasteiger partial charge in [0.25, 0.3) is 0 Å². The molecule has 80 heavy (non-hydrogen) atoms. The summed E-state index contributed by atoms with van der Waals surface area (Å²) in [7, 11) is 0. The van der Waals surface area contributed by atoms with Gasteiger partial charge in [-0.2, -0.15) is 0 Å². The fraction of sp³-hybridized carbons (Fsp3) is 0.797. The Hall–Kier alpha value is -3.15. The predicted molar refractivity (Wildman–Crippen MR) is 348 cm³/mol. The number of ether oxygens (including phenoxy) is 3. The number of carbonyl (C=O) groups excluding carboxylic acids is 3. The van der Waals surface area contributed by atoms with Crippen LogP contribution in [0.25, 0.3) is 0 Å². The van der Waals surface area contributed by atoms with Gasteiger partial charge >= 0.3 is 17.9 Å². The number of carbonyl (C=O) groups is 3. The van der Waals surface area contributed by atoms with Crippen molar-refractivity contribution in [1.82, 2.24) is 0 Å². The second-order valence-corrected chi connectivity index (χ2v) is 23.4. The highest BCUT2D eigenvalue weighted by atomic mass is 16.6. The summed E-state index contributed by atoms with van der Waals surface area (Å²) < 4.78 is 17.0. The quantitative estimate of drug-likeness (QED) is 0.0261. The first-order valence-electron chi connectivity index (χ1n) is 34.9. The van der Waals surface area contributed by atoms with Crippen molar-refractivity contribution < 1.29 is 28.6 Å². The van der Waals surface area contributed by atoms with Crippen LogP contribution >= 0.6 is 0 Å². The van der Waals surface area contributed by atoms with E-state index in [9.17, 15) is 14.4 Å². The maximum Gasteiger partial charge on any atom is 0.306 e. The van der Waals surface area contributed by atoms with E-state index in [0.29, 0.717) is 19.3 Å². The molecule has 0 saturated carbocycles. The van der Waals surface area contributed by atoms with Crippen molar-refractivity contribution in [2.45, 2.75) is 367 Å². The Balaban J connectivity index is 4.38. The first-order chi connectivity index (χ1) is 39.5. The first-order valence-corrected chi connectivity index (χ1v) is 34.9. The molecule has 1 atom stereocenters. The van der Waals surface area contributed by atoms with Crippen molar-refractivity contribution in [1.29, 1.82) is 0 Å². The molecule has 6 heteroatoms.